The van der Waals surface area contributed by atoms with Crippen LogP contribution in [0.3, 0.4) is 0 Å². The van der Waals surface area contributed by atoms with Crippen molar-refractivity contribution in [2.45, 2.75) is 40.5 Å². The Balaban J connectivity index is 1.90. The standard InChI is InChI=1S/C23H28N2O5/c1-6-27-19-11-15(12-20(28-7-2)21(19)29-8-3)22(26)24-16-9-10-17-18(13-16)30-23(25-17)14(4)5/h9-14H,6-8H2,1-5H3,(H,24,26). The Morgan fingerprint density at radius 2 is 1.63 bits per heavy atom. The van der Waals surface area contributed by atoms with Crippen molar-refractivity contribution < 1.29 is 23.4 Å². The van der Waals surface area contributed by atoms with E-state index in [-0.39, 0.29) is 11.8 Å². The summed E-state index contributed by atoms with van der Waals surface area (Å²) >= 11 is 0. The van der Waals surface area contributed by atoms with Gasteiger partial charge in [-0.25, -0.2) is 4.98 Å². The monoisotopic (exact) mass is 412 g/mol. The predicted octanol–water partition coefficient (Wildman–Crippen LogP) is 5.40. The van der Waals surface area contributed by atoms with Crippen LogP contribution in [0.2, 0.25) is 0 Å². The third kappa shape index (κ3) is 4.67. The second-order valence-corrected chi connectivity index (χ2v) is 6.94. The number of carbonyl (C=O) groups is 1. The smallest absolute Gasteiger partial charge is 0.255 e. The Hall–Kier alpha value is -3.22. The number of amides is 1. The number of fused-ring (bicyclic) bond motifs is 1. The molecule has 1 N–H and O–H groups in total. The number of carbonyl (C=O) groups excluding carboxylic acids is 1. The Labute approximate surface area is 176 Å². The number of oxazole rings is 1. The predicted molar refractivity (Wildman–Crippen MR) is 116 cm³/mol. The average molecular weight is 412 g/mol. The van der Waals surface area contributed by atoms with Crippen molar-refractivity contribution in [3.63, 3.8) is 0 Å². The molecule has 30 heavy (non-hydrogen) atoms. The molecule has 0 bridgehead atoms. The molecule has 0 atom stereocenters. The lowest BCUT2D eigenvalue weighted by Crippen LogP contribution is -2.13. The number of anilines is 1. The van der Waals surface area contributed by atoms with Crippen molar-refractivity contribution >= 4 is 22.7 Å². The number of rotatable bonds is 9. The number of nitrogens with zero attached hydrogens (tertiary/aromatic N) is 1. The molecule has 1 aromatic heterocycles. The highest BCUT2D eigenvalue weighted by molar-refractivity contribution is 6.05. The zero-order chi connectivity index (χ0) is 21.7. The summed E-state index contributed by atoms with van der Waals surface area (Å²) < 4.78 is 22.9. The molecule has 1 heterocycles. The zero-order valence-electron chi connectivity index (χ0n) is 18.1. The van der Waals surface area contributed by atoms with Crippen molar-refractivity contribution in [2.75, 3.05) is 25.1 Å². The first-order valence-corrected chi connectivity index (χ1v) is 10.2. The first-order valence-electron chi connectivity index (χ1n) is 10.2. The van der Waals surface area contributed by atoms with E-state index in [2.05, 4.69) is 10.3 Å². The first-order chi connectivity index (χ1) is 14.5. The second-order valence-electron chi connectivity index (χ2n) is 6.94. The summed E-state index contributed by atoms with van der Waals surface area (Å²) in [6, 6.07) is 8.73. The van der Waals surface area contributed by atoms with E-state index < -0.39 is 0 Å². The van der Waals surface area contributed by atoms with Gasteiger partial charge in [-0.2, -0.15) is 0 Å². The second kappa shape index (κ2) is 9.52. The molecule has 3 rings (SSSR count). The van der Waals surface area contributed by atoms with E-state index in [9.17, 15) is 4.79 Å². The van der Waals surface area contributed by atoms with Gasteiger partial charge < -0.3 is 23.9 Å². The SMILES string of the molecule is CCOc1cc(C(=O)Nc2ccc3nc(C(C)C)oc3c2)cc(OCC)c1OCC. The molecule has 2 aromatic carbocycles. The van der Waals surface area contributed by atoms with E-state index in [0.29, 0.717) is 59.8 Å². The van der Waals surface area contributed by atoms with Gasteiger partial charge in [-0.1, -0.05) is 13.8 Å². The van der Waals surface area contributed by atoms with Crippen molar-refractivity contribution in [1.82, 2.24) is 4.98 Å². The molecule has 0 aliphatic heterocycles. The van der Waals surface area contributed by atoms with Crippen LogP contribution in [0.1, 0.15) is 56.8 Å². The fourth-order valence-electron chi connectivity index (χ4n) is 2.99. The van der Waals surface area contributed by atoms with Crippen LogP contribution in [0.5, 0.6) is 17.2 Å². The van der Waals surface area contributed by atoms with Crippen LogP contribution >= 0.6 is 0 Å². The lowest BCUT2D eigenvalue weighted by molar-refractivity contribution is 0.102. The van der Waals surface area contributed by atoms with Gasteiger partial charge in [0.15, 0.2) is 23.0 Å². The van der Waals surface area contributed by atoms with Crippen LogP contribution in [0.15, 0.2) is 34.7 Å². The summed E-state index contributed by atoms with van der Waals surface area (Å²) in [6.45, 7) is 11.0. The van der Waals surface area contributed by atoms with Gasteiger partial charge in [0.25, 0.3) is 5.91 Å². The lowest BCUT2D eigenvalue weighted by Gasteiger charge is -2.17. The summed E-state index contributed by atoms with van der Waals surface area (Å²) in [5.41, 5.74) is 2.41. The van der Waals surface area contributed by atoms with Crippen molar-refractivity contribution in [3.8, 4) is 17.2 Å². The highest BCUT2D eigenvalue weighted by Crippen LogP contribution is 2.39. The van der Waals surface area contributed by atoms with Crippen LogP contribution < -0.4 is 19.5 Å². The third-order valence-corrected chi connectivity index (χ3v) is 4.33. The van der Waals surface area contributed by atoms with Gasteiger partial charge in [-0.3, -0.25) is 4.79 Å². The maximum Gasteiger partial charge on any atom is 0.255 e. The Bertz CT molecular complexity index is 999. The number of benzene rings is 2. The summed E-state index contributed by atoms with van der Waals surface area (Å²) in [6.07, 6.45) is 0. The number of nitrogens with one attached hydrogen (secondary N) is 1. The maximum absolute atomic E-state index is 12.9. The van der Waals surface area contributed by atoms with Gasteiger partial charge in [0.05, 0.1) is 19.8 Å². The fraction of sp³-hybridized carbons (Fsp3) is 0.391. The van der Waals surface area contributed by atoms with Crippen LogP contribution in [0, 0.1) is 0 Å². The molecule has 7 heteroatoms. The van der Waals surface area contributed by atoms with E-state index in [1.165, 1.54) is 0 Å². The normalized spacial score (nSPS) is 11.0. The maximum atomic E-state index is 12.9. The molecular formula is C23H28N2O5. The van der Waals surface area contributed by atoms with Gasteiger partial charge in [0.1, 0.15) is 5.52 Å². The van der Waals surface area contributed by atoms with Crippen LogP contribution in [0.25, 0.3) is 11.1 Å². The number of aromatic nitrogens is 1. The van der Waals surface area contributed by atoms with Gasteiger partial charge in [0.2, 0.25) is 5.75 Å². The van der Waals surface area contributed by atoms with Crippen LogP contribution in [0.4, 0.5) is 5.69 Å². The minimum absolute atomic E-state index is 0.188. The molecule has 0 fully saturated rings. The Kier molecular flexibility index (Phi) is 6.82. The zero-order valence-corrected chi connectivity index (χ0v) is 18.1. The first kappa shape index (κ1) is 21.5. The molecule has 3 aromatic rings. The van der Waals surface area contributed by atoms with Crippen molar-refractivity contribution in [1.29, 1.82) is 0 Å². The summed E-state index contributed by atoms with van der Waals surface area (Å²) in [7, 11) is 0. The molecule has 0 aliphatic carbocycles. The van der Waals surface area contributed by atoms with E-state index in [1.54, 1.807) is 24.3 Å². The van der Waals surface area contributed by atoms with E-state index in [4.69, 9.17) is 18.6 Å². The fourth-order valence-corrected chi connectivity index (χ4v) is 2.99. The number of hydrogen-bond acceptors (Lipinski definition) is 6. The van der Waals surface area contributed by atoms with Crippen LogP contribution in [-0.4, -0.2) is 30.7 Å². The van der Waals surface area contributed by atoms with Gasteiger partial charge in [-0.15, -0.1) is 0 Å². The van der Waals surface area contributed by atoms with Gasteiger partial charge >= 0.3 is 0 Å². The quantitative estimate of drug-likeness (QED) is 0.507. The molecule has 1 amide bonds. The average Bonchev–Trinajstić information content (AvgIpc) is 3.14. The molecule has 0 radical (unpaired) electrons. The largest absolute Gasteiger partial charge is 0.490 e. The minimum atomic E-state index is -0.289. The molecule has 0 spiro atoms. The lowest BCUT2D eigenvalue weighted by atomic mass is 10.1. The third-order valence-electron chi connectivity index (χ3n) is 4.33. The summed E-state index contributed by atoms with van der Waals surface area (Å²) in [4.78, 5) is 17.4. The minimum Gasteiger partial charge on any atom is -0.490 e. The molecule has 0 saturated heterocycles. The number of ether oxygens (including phenoxy) is 3. The van der Waals surface area contributed by atoms with E-state index >= 15 is 0 Å². The van der Waals surface area contributed by atoms with Crippen molar-refractivity contribution in [3.05, 3.63) is 41.8 Å². The summed E-state index contributed by atoms with van der Waals surface area (Å²) in [5, 5.41) is 2.90. The van der Waals surface area contributed by atoms with Crippen molar-refractivity contribution in [2.24, 2.45) is 0 Å². The Morgan fingerprint density at radius 3 is 2.20 bits per heavy atom. The molecular weight excluding hydrogens is 384 g/mol. The molecule has 0 unspecified atom stereocenters. The number of hydrogen-bond donors (Lipinski definition) is 1. The topological polar surface area (TPSA) is 82.8 Å². The highest BCUT2D eigenvalue weighted by Gasteiger charge is 2.19. The highest BCUT2D eigenvalue weighted by atomic mass is 16.5. The molecule has 160 valence electrons. The van der Waals surface area contributed by atoms with Gasteiger partial charge in [0, 0.05) is 23.2 Å². The van der Waals surface area contributed by atoms with E-state index in [0.717, 1.165) is 5.52 Å². The van der Waals surface area contributed by atoms with Gasteiger partial charge in [-0.05, 0) is 45.0 Å². The summed E-state index contributed by atoms with van der Waals surface area (Å²) in [5.74, 6) is 2.02. The molecule has 0 saturated carbocycles. The van der Waals surface area contributed by atoms with E-state index in [1.807, 2.05) is 40.7 Å². The Morgan fingerprint density at radius 1 is 1.00 bits per heavy atom. The molecule has 7 nitrogen and oxygen atoms in total. The molecule has 0 aliphatic rings. The van der Waals surface area contributed by atoms with Crippen LogP contribution in [-0.2, 0) is 0 Å².